The first kappa shape index (κ1) is 15.4. The lowest BCUT2D eigenvalue weighted by Gasteiger charge is -1.98. The minimum absolute atomic E-state index is 0.294. The Morgan fingerprint density at radius 3 is 2.81 bits per heavy atom. The van der Waals surface area contributed by atoms with E-state index in [1.165, 1.54) is 6.08 Å². The molecule has 0 atom stereocenters. The zero-order chi connectivity index (χ0) is 15.1. The summed E-state index contributed by atoms with van der Waals surface area (Å²) in [6.07, 6.45) is 5.18. The summed E-state index contributed by atoms with van der Waals surface area (Å²) in [6, 6.07) is 10.0. The Kier molecular flexibility index (Phi) is 5.69. The van der Waals surface area contributed by atoms with Crippen molar-refractivity contribution in [1.82, 2.24) is 4.98 Å². The molecule has 0 saturated carbocycles. The summed E-state index contributed by atoms with van der Waals surface area (Å²) in [7, 11) is 0. The van der Waals surface area contributed by atoms with Crippen LogP contribution in [-0.4, -0.2) is 17.6 Å². The second kappa shape index (κ2) is 7.74. The maximum Gasteiger partial charge on any atom is 0.330 e. The van der Waals surface area contributed by atoms with Crippen LogP contribution in [0.1, 0.15) is 30.3 Å². The van der Waals surface area contributed by atoms with Gasteiger partial charge in [-0.15, -0.1) is 11.3 Å². The number of ether oxygens (including phenoxy) is 1. The molecule has 110 valence electrons. The molecule has 0 aliphatic carbocycles. The molecule has 3 nitrogen and oxygen atoms in total. The van der Waals surface area contributed by atoms with Crippen LogP contribution >= 0.6 is 11.3 Å². The van der Waals surface area contributed by atoms with E-state index in [2.05, 4.69) is 11.9 Å². The van der Waals surface area contributed by atoms with Crippen LogP contribution in [0.5, 0.6) is 0 Å². The molecular weight excluding hydrogens is 282 g/mol. The van der Waals surface area contributed by atoms with Crippen molar-refractivity contribution in [3.63, 3.8) is 0 Å². The van der Waals surface area contributed by atoms with E-state index in [4.69, 9.17) is 4.74 Å². The molecule has 0 spiro atoms. The van der Waals surface area contributed by atoms with Crippen LogP contribution in [0.4, 0.5) is 0 Å². The molecule has 0 amide bonds. The fraction of sp³-hybridized carbons (Fsp3) is 0.294. The van der Waals surface area contributed by atoms with Gasteiger partial charge < -0.3 is 4.74 Å². The Balaban J connectivity index is 2.04. The molecule has 0 unspecified atom stereocenters. The van der Waals surface area contributed by atoms with E-state index in [-0.39, 0.29) is 5.97 Å². The molecule has 2 rings (SSSR count). The Morgan fingerprint density at radius 2 is 2.10 bits per heavy atom. The number of aryl methyl sites for hydroxylation is 1. The summed E-state index contributed by atoms with van der Waals surface area (Å²) < 4.78 is 5.09. The topological polar surface area (TPSA) is 39.2 Å². The third kappa shape index (κ3) is 4.53. The monoisotopic (exact) mass is 301 g/mol. The number of hydrogen-bond acceptors (Lipinski definition) is 4. The van der Waals surface area contributed by atoms with Crippen molar-refractivity contribution in [2.75, 3.05) is 6.61 Å². The summed E-state index contributed by atoms with van der Waals surface area (Å²) in [6.45, 7) is 4.50. The highest BCUT2D eigenvalue weighted by Crippen LogP contribution is 2.28. The number of unbranched alkanes of at least 4 members (excludes halogenated alkanes) is 1. The normalized spacial score (nSPS) is 11.0. The van der Waals surface area contributed by atoms with Crippen molar-refractivity contribution >= 4 is 23.4 Å². The minimum atomic E-state index is -0.294. The molecule has 0 bridgehead atoms. The highest BCUT2D eigenvalue weighted by molar-refractivity contribution is 7.16. The van der Waals surface area contributed by atoms with Crippen LogP contribution in [0, 0.1) is 6.92 Å². The van der Waals surface area contributed by atoms with Gasteiger partial charge in [0.05, 0.1) is 17.2 Å². The number of aromatic nitrogens is 1. The van der Waals surface area contributed by atoms with Crippen molar-refractivity contribution in [2.45, 2.75) is 26.7 Å². The van der Waals surface area contributed by atoms with Gasteiger partial charge in [0.1, 0.15) is 5.01 Å². The van der Waals surface area contributed by atoms with E-state index in [1.54, 1.807) is 17.4 Å². The molecule has 4 heteroatoms. The number of hydrogen-bond donors (Lipinski definition) is 0. The molecule has 2 aromatic rings. The van der Waals surface area contributed by atoms with E-state index < -0.39 is 0 Å². The van der Waals surface area contributed by atoms with Gasteiger partial charge in [0.25, 0.3) is 0 Å². The maximum atomic E-state index is 11.6. The molecule has 0 radical (unpaired) electrons. The van der Waals surface area contributed by atoms with E-state index >= 15 is 0 Å². The molecule has 1 heterocycles. The van der Waals surface area contributed by atoms with Gasteiger partial charge in [-0.05, 0) is 19.4 Å². The lowest BCUT2D eigenvalue weighted by atomic mass is 10.2. The van der Waals surface area contributed by atoms with Gasteiger partial charge in [0, 0.05) is 11.6 Å². The zero-order valence-electron chi connectivity index (χ0n) is 12.3. The first-order chi connectivity index (χ1) is 10.2. The molecule has 21 heavy (non-hydrogen) atoms. The van der Waals surface area contributed by atoms with Crippen molar-refractivity contribution in [2.24, 2.45) is 0 Å². The molecule has 0 N–H and O–H groups in total. The average molecular weight is 301 g/mol. The smallest absolute Gasteiger partial charge is 0.330 e. The summed E-state index contributed by atoms with van der Waals surface area (Å²) in [5.41, 5.74) is 2.02. The molecule has 0 fully saturated rings. The Hall–Kier alpha value is -1.94. The van der Waals surface area contributed by atoms with Crippen LogP contribution in [-0.2, 0) is 9.53 Å². The van der Waals surface area contributed by atoms with Gasteiger partial charge in [0.15, 0.2) is 0 Å². The van der Waals surface area contributed by atoms with E-state index in [0.717, 1.165) is 34.0 Å². The molecule has 0 saturated heterocycles. The van der Waals surface area contributed by atoms with E-state index in [9.17, 15) is 4.79 Å². The number of esters is 1. The highest BCUT2D eigenvalue weighted by atomic mass is 32.1. The molecule has 1 aromatic carbocycles. The van der Waals surface area contributed by atoms with Gasteiger partial charge in [-0.25, -0.2) is 9.78 Å². The molecular formula is C17H19NO2S. The van der Waals surface area contributed by atoms with Crippen LogP contribution in [0.15, 0.2) is 36.4 Å². The average Bonchev–Trinajstić information content (AvgIpc) is 2.87. The second-order valence-corrected chi connectivity index (χ2v) is 5.72. The number of carbonyl (C=O) groups is 1. The Labute approximate surface area is 129 Å². The van der Waals surface area contributed by atoms with Crippen LogP contribution in [0.2, 0.25) is 0 Å². The second-order valence-electron chi connectivity index (χ2n) is 4.69. The summed E-state index contributed by atoms with van der Waals surface area (Å²) in [5.74, 6) is -0.294. The van der Waals surface area contributed by atoms with E-state index in [0.29, 0.717) is 6.61 Å². The summed E-state index contributed by atoms with van der Waals surface area (Å²) in [4.78, 5) is 17.1. The fourth-order valence-electron chi connectivity index (χ4n) is 1.78. The third-order valence-corrected chi connectivity index (χ3v) is 4.14. The van der Waals surface area contributed by atoms with Crippen molar-refractivity contribution in [3.8, 4) is 10.6 Å². The molecule has 1 aromatic heterocycles. The number of carbonyl (C=O) groups excluding carboxylic acids is 1. The van der Waals surface area contributed by atoms with Crippen LogP contribution in [0.3, 0.4) is 0 Å². The third-order valence-electron chi connectivity index (χ3n) is 2.97. The van der Waals surface area contributed by atoms with E-state index in [1.807, 2.05) is 37.3 Å². The maximum absolute atomic E-state index is 11.6. The van der Waals surface area contributed by atoms with Gasteiger partial charge in [0.2, 0.25) is 0 Å². The number of rotatable bonds is 6. The summed E-state index contributed by atoms with van der Waals surface area (Å²) >= 11 is 1.58. The number of benzene rings is 1. The Bertz CT molecular complexity index is 617. The minimum Gasteiger partial charge on any atom is -0.463 e. The zero-order valence-corrected chi connectivity index (χ0v) is 13.2. The first-order valence-electron chi connectivity index (χ1n) is 7.08. The van der Waals surface area contributed by atoms with Gasteiger partial charge in [-0.2, -0.15) is 0 Å². The van der Waals surface area contributed by atoms with Crippen LogP contribution in [0.25, 0.3) is 16.6 Å². The number of nitrogens with zero attached hydrogens (tertiary/aromatic N) is 1. The van der Waals surface area contributed by atoms with Gasteiger partial charge in [-0.1, -0.05) is 43.7 Å². The Morgan fingerprint density at radius 1 is 1.33 bits per heavy atom. The SMILES string of the molecule is CCCCOC(=O)/C=C/c1sc(-c2ccccc2)nc1C. The van der Waals surface area contributed by atoms with Gasteiger partial charge in [-0.3, -0.25) is 0 Å². The largest absolute Gasteiger partial charge is 0.463 e. The molecule has 0 aliphatic heterocycles. The number of thiazole rings is 1. The standard InChI is InChI=1S/C17H19NO2S/c1-3-4-12-20-16(19)11-10-15-13(2)18-17(21-15)14-8-6-5-7-9-14/h5-11H,3-4,12H2,1-2H3/b11-10+. The summed E-state index contributed by atoms with van der Waals surface area (Å²) in [5, 5.41) is 0.965. The van der Waals surface area contributed by atoms with Gasteiger partial charge >= 0.3 is 5.97 Å². The highest BCUT2D eigenvalue weighted by Gasteiger charge is 2.07. The molecule has 0 aliphatic rings. The predicted molar refractivity (Wildman–Crippen MR) is 87.2 cm³/mol. The fourth-order valence-corrected chi connectivity index (χ4v) is 2.75. The van der Waals surface area contributed by atoms with Crippen molar-refractivity contribution < 1.29 is 9.53 Å². The van der Waals surface area contributed by atoms with Crippen molar-refractivity contribution in [1.29, 1.82) is 0 Å². The predicted octanol–water partition coefficient (Wildman–Crippen LogP) is 4.48. The first-order valence-corrected chi connectivity index (χ1v) is 7.90. The van der Waals surface area contributed by atoms with Crippen molar-refractivity contribution in [3.05, 3.63) is 47.0 Å². The lowest BCUT2D eigenvalue weighted by molar-refractivity contribution is -0.137. The lowest BCUT2D eigenvalue weighted by Crippen LogP contribution is -2.01. The quantitative estimate of drug-likeness (QED) is 0.449. The van der Waals surface area contributed by atoms with Crippen LogP contribution < -0.4 is 0 Å².